The minimum atomic E-state index is -4.29. The van der Waals surface area contributed by atoms with E-state index in [1.807, 2.05) is 18.7 Å². The maximum absolute atomic E-state index is 12.4. The van der Waals surface area contributed by atoms with E-state index in [2.05, 4.69) is 14.9 Å². The highest BCUT2D eigenvalue weighted by Gasteiger charge is 2.52. The average molecular weight is 451 g/mol. The lowest BCUT2D eigenvalue weighted by Gasteiger charge is -2.57. The zero-order valence-electron chi connectivity index (χ0n) is 18.8. The van der Waals surface area contributed by atoms with Gasteiger partial charge in [-0.1, -0.05) is 13.8 Å². The summed E-state index contributed by atoms with van der Waals surface area (Å²) in [4.78, 5) is 44.8. The van der Waals surface area contributed by atoms with Crippen molar-refractivity contribution in [2.75, 3.05) is 24.5 Å². The van der Waals surface area contributed by atoms with Crippen molar-refractivity contribution in [1.82, 2.24) is 14.9 Å². The number of carbonyl (C=O) groups is 1. The standard InChI is InChI=1S/C22H35N4O4P/c1-15(2)21-23-12-19(13-24-21)25-8-9-26(20(14-25)31(28,29)30)18-10-22(11-18)6-4-17(5-7-22)16(3)27/h12-13,15,17-18,20H,4-11,14H2,1-3H3,(H2,28,29,30)/t17?,18?,20-,22?/m0/s1. The van der Waals surface area contributed by atoms with E-state index in [1.54, 1.807) is 19.3 Å². The highest BCUT2D eigenvalue weighted by atomic mass is 31.2. The Balaban J connectivity index is 1.41. The maximum Gasteiger partial charge on any atom is 0.344 e. The molecule has 3 aliphatic rings. The molecule has 2 aliphatic carbocycles. The quantitative estimate of drug-likeness (QED) is 0.659. The van der Waals surface area contributed by atoms with Crippen molar-refractivity contribution in [3.63, 3.8) is 0 Å². The molecule has 31 heavy (non-hydrogen) atoms. The fourth-order valence-corrected chi connectivity index (χ4v) is 6.85. The lowest BCUT2D eigenvalue weighted by atomic mass is 9.56. The molecule has 1 atom stereocenters. The van der Waals surface area contributed by atoms with Gasteiger partial charge in [-0.3, -0.25) is 14.3 Å². The fraction of sp³-hybridized carbons (Fsp3) is 0.773. The van der Waals surface area contributed by atoms with Crippen molar-refractivity contribution in [2.45, 2.75) is 77.0 Å². The van der Waals surface area contributed by atoms with Gasteiger partial charge in [0.2, 0.25) is 0 Å². The molecule has 2 N–H and O–H groups in total. The van der Waals surface area contributed by atoms with Gasteiger partial charge in [0.05, 0.1) is 18.1 Å². The van der Waals surface area contributed by atoms with Gasteiger partial charge in [-0.05, 0) is 50.9 Å². The minimum Gasteiger partial charge on any atom is -0.366 e. The van der Waals surface area contributed by atoms with Crippen LogP contribution in [0.2, 0.25) is 0 Å². The van der Waals surface area contributed by atoms with Crippen LogP contribution in [0.25, 0.3) is 0 Å². The lowest BCUT2D eigenvalue weighted by Crippen LogP contribution is -2.61. The van der Waals surface area contributed by atoms with Gasteiger partial charge in [0.25, 0.3) is 0 Å². The number of Topliss-reactive ketones (excluding diaryl/α,β-unsaturated/α-hetero) is 1. The van der Waals surface area contributed by atoms with Crippen LogP contribution in [0.3, 0.4) is 0 Å². The number of carbonyl (C=O) groups excluding carboxylic acids is 1. The Morgan fingerprint density at radius 1 is 1.16 bits per heavy atom. The van der Waals surface area contributed by atoms with Gasteiger partial charge < -0.3 is 14.7 Å². The Morgan fingerprint density at radius 2 is 1.77 bits per heavy atom. The molecule has 4 rings (SSSR count). The number of rotatable bonds is 5. The number of nitrogens with zero attached hydrogens (tertiary/aromatic N) is 4. The molecule has 1 aromatic heterocycles. The number of anilines is 1. The molecule has 0 amide bonds. The zero-order valence-corrected chi connectivity index (χ0v) is 19.7. The van der Waals surface area contributed by atoms with Crippen molar-refractivity contribution >= 4 is 19.1 Å². The Bertz CT molecular complexity index is 840. The molecule has 0 aromatic carbocycles. The number of hydrogen-bond donors (Lipinski definition) is 2. The summed E-state index contributed by atoms with van der Waals surface area (Å²) in [6.45, 7) is 7.38. The number of hydrogen-bond acceptors (Lipinski definition) is 6. The Hall–Kier alpha value is -1.34. The summed E-state index contributed by atoms with van der Waals surface area (Å²) >= 11 is 0. The molecule has 8 nitrogen and oxygen atoms in total. The van der Waals surface area contributed by atoms with Crippen LogP contribution in [0.5, 0.6) is 0 Å². The van der Waals surface area contributed by atoms with E-state index in [4.69, 9.17) is 0 Å². The van der Waals surface area contributed by atoms with E-state index in [9.17, 15) is 19.1 Å². The van der Waals surface area contributed by atoms with Crippen LogP contribution < -0.4 is 4.90 Å². The summed E-state index contributed by atoms with van der Waals surface area (Å²) in [5.41, 5.74) is 1.09. The minimum absolute atomic E-state index is 0.209. The van der Waals surface area contributed by atoms with Crippen molar-refractivity contribution in [3.8, 4) is 0 Å². The number of piperazine rings is 1. The van der Waals surface area contributed by atoms with Gasteiger partial charge in [0.15, 0.2) is 0 Å². The SMILES string of the molecule is CC(=O)C1CCC2(CC1)CC(N1CCN(c3cnc(C(C)C)nc3)C[C@@H]1P(=O)(O)O)C2. The first-order chi connectivity index (χ1) is 14.6. The van der Waals surface area contributed by atoms with Gasteiger partial charge in [-0.25, -0.2) is 9.97 Å². The molecule has 9 heteroatoms. The van der Waals surface area contributed by atoms with Crippen LogP contribution >= 0.6 is 7.60 Å². The topological polar surface area (TPSA) is 107 Å². The third-order valence-corrected chi connectivity index (χ3v) is 8.99. The van der Waals surface area contributed by atoms with Crippen molar-refractivity contribution in [1.29, 1.82) is 0 Å². The van der Waals surface area contributed by atoms with E-state index in [0.29, 0.717) is 18.9 Å². The molecule has 2 saturated carbocycles. The van der Waals surface area contributed by atoms with E-state index in [0.717, 1.165) is 50.0 Å². The van der Waals surface area contributed by atoms with Gasteiger partial charge in [0.1, 0.15) is 17.4 Å². The predicted molar refractivity (Wildman–Crippen MR) is 119 cm³/mol. The van der Waals surface area contributed by atoms with Crippen LogP contribution in [0.15, 0.2) is 12.4 Å². The van der Waals surface area contributed by atoms with Crippen LogP contribution in [-0.4, -0.2) is 61.9 Å². The van der Waals surface area contributed by atoms with Crippen LogP contribution in [-0.2, 0) is 9.36 Å². The normalized spacial score (nSPS) is 32.3. The van der Waals surface area contributed by atoms with E-state index in [1.165, 1.54) is 0 Å². The molecule has 0 bridgehead atoms. The first-order valence-electron chi connectivity index (χ1n) is 11.5. The Labute approximate surface area is 184 Å². The maximum atomic E-state index is 12.4. The molecule has 1 spiro atoms. The van der Waals surface area contributed by atoms with Crippen LogP contribution in [0.4, 0.5) is 5.69 Å². The van der Waals surface area contributed by atoms with Crippen LogP contribution in [0.1, 0.15) is 71.0 Å². The smallest absolute Gasteiger partial charge is 0.344 e. The van der Waals surface area contributed by atoms with Gasteiger partial charge in [-0.2, -0.15) is 0 Å². The van der Waals surface area contributed by atoms with E-state index in [-0.39, 0.29) is 29.8 Å². The van der Waals surface area contributed by atoms with Crippen molar-refractivity contribution in [2.24, 2.45) is 11.3 Å². The monoisotopic (exact) mass is 450 g/mol. The molecule has 1 aliphatic heterocycles. The molecule has 0 unspecified atom stereocenters. The fourth-order valence-electron chi connectivity index (χ4n) is 5.75. The predicted octanol–water partition coefficient (Wildman–Crippen LogP) is 3.15. The molecule has 172 valence electrons. The van der Waals surface area contributed by atoms with E-state index >= 15 is 0 Å². The van der Waals surface area contributed by atoms with Crippen molar-refractivity contribution in [3.05, 3.63) is 18.2 Å². The lowest BCUT2D eigenvalue weighted by molar-refractivity contribution is -0.124. The third-order valence-electron chi connectivity index (χ3n) is 7.75. The molecular formula is C22H35N4O4P. The number of aromatic nitrogens is 2. The highest BCUT2D eigenvalue weighted by Crippen LogP contribution is 2.57. The zero-order chi connectivity index (χ0) is 22.4. The molecule has 2 heterocycles. The summed E-state index contributed by atoms with van der Waals surface area (Å²) in [5.74, 6) is 0.717. The van der Waals surface area contributed by atoms with Crippen LogP contribution in [0, 0.1) is 11.3 Å². The first-order valence-corrected chi connectivity index (χ1v) is 13.1. The van der Waals surface area contributed by atoms with Gasteiger partial charge in [0, 0.05) is 37.5 Å². The second-order valence-electron chi connectivity index (χ2n) is 10.2. The van der Waals surface area contributed by atoms with E-state index < -0.39 is 13.4 Å². The van der Waals surface area contributed by atoms with Gasteiger partial charge >= 0.3 is 7.60 Å². The third kappa shape index (κ3) is 4.72. The summed E-state index contributed by atoms with van der Waals surface area (Å²) < 4.78 is 12.4. The Morgan fingerprint density at radius 3 is 2.29 bits per heavy atom. The number of ketones is 1. The second kappa shape index (κ2) is 8.54. The molecule has 1 saturated heterocycles. The largest absolute Gasteiger partial charge is 0.366 e. The molecule has 3 fully saturated rings. The molecule has 0 radical (unpaired) electrons. The summed E-state index contributed by atoms with van der Waals surface area (Å²) in [7, 11) is -4.29. The average Bonchev–Trinajstić information content (AvgIpc) is 2.71. The summed E-state index contributed by atoms with van der Waals surface area (Å²) in [6.07, 6.45) is 9.55. The van der Waals surface area contributed by atoms with Gasteiger partial charge in [-0.15, -0.1) is 0 Å². The first kappa shape index (κ1) is 22.8. The molecule has 1 aromatic rings. The molecular weight excluding hydrogens is 415 g/mol. The van der Waals surface area contributed by atoms with Crippen molar-refractivity contribution < 1.29 is 19.1 Å². The second-order valence-corrected chi connectivity index (χ2v) is 11.9. The summed E-state index contributed by atoms with van der Waals surface area (Å²) in [6, 6.07) is 0.216. The summed E-state index contributed by atoms with van der Waals surface area (Å²) in [5, 5.41) is 0. The Kier molecular flexibility index (Phi) is 6.29. The highest BCUT2D eigenvalue weighted by molar-refractivity contribution is 7.52.